The van der Waals surface area contributed by atoms with Crippen LogP contribution < -0.4 is 10.6 Å². The molecule has 1 aliphatic heterocycles. The highest BCUT2D eigenvalue weighted by Crippen LogP contribution is 2.25. The summed E-state index contributed by atoms with van der Waals surface area (Å²) in [7, 11) is 0. The Bertz CT molecular complexity index is 720. The molecule has 3 rings (SSSR count). The van der Waals surface area contributed by atoms with Crippen molar-refractivity contribution in [3.05, 3.63) is 29.8 Å². The van der Waals surface area contributed by atoms with Crippen LogP contribution in [0.25, 0.3) is 0 Å². The van der Waals surface area contributed by atoms with E-state index in [0.717, 1.165) is 25.9 Å². The second-order valence-corrected chi connectivity index (χ2v) is 8.01. The number of carbonyl (C=O) groups is 3. The monoisotopic (exact) mass is 387 g/mol. The predicted octanol–water partition coefficient (Wildman–Crippen LogP) is 3.32. The lowest BCUT2D eigenvalue weighted by Gasteiger charge is -2.31. The van der Waals surface area contributed by atoms with Crippen LogP contribution in [0.4, 0.5) is 10.5 Å². The predicted molar refractivity (Wildman–Crippen MR) is 106 cm³/mol. The van der Waals surface area contributed by atoms with Crippen LogP contribution in [0.5, 0.6) is 0 Å². The molecule has 2 fully saturated rings. The Balaban J connectivity index is 1.58. The Kier molecular flexibility index (Phi) is 6.54. The summed E-state index contributed by atoms with van der Waals surface area (Å²) in [5, 5.41) is 14.8. The van der Waals surface area contributed by atoms with Crippen molar-refractivity contribution < 1.29 is 19.5 Å². The zero-order valence-electron chi connectivity index (χ0n) is 16.3. The minimum absolute atomic E-state index is 0.0398. The molecule has 152 valence electrons. The van der Waals surface area contributed by atoms with Gasteiger partial charge in [0, 0.05) is 19.1 Å². The van der Waals surface area contributed by atoms with E-state index in [9.17, 15) is 14.4 Å². The highest BCUT2D eigenvalue weighted by molar-refractivity contribution is 6.03. The topological polar surface area (TPSA) is 98.7 Å². The van der Waals surface area contributed by atoms with Crippen LogP contribution >= 0.6 is 0 Å². The molecule has 0 aromatic heterocycles. The number of para-hydroxylation sites is 1. The number of rotatable bonds is 4. The number of carboxylic acids is 1. The van der Waals surface area contributed by atoms with Gasteiger partial charge >= 0.3 is 12.0 Å². The van der Waals surface area contributed by atoms with Crippen molar-refractivity contribution >= 4 is 23.6 Å². The number of hydrogen-bond acceptors (Lipinski definition) is 3. The number of anilines is 1. The van der Waals surface area contributed by atoms with Crippen molar-refractivity contribution in [3.8, 4) is 0 Å². The number of amides is 3. The molecule has 1 aliphatic carbocycles. The van der Waals surface area contributed by atoms with Gasteiger partial charge in [0.25, 0.3) is 5.91 Å². The van der Waals surface area contributed by atoms with Gasteiger partial charge < -0.3 is 20.6 Å². The van der Waals surface area contributed by atoms with E-state index in [1.807, 2.05) is 4.90 Å². The van der Waals surface area contributed by atoms with Crippen molar-refractivity contribution in [2.24, 2.45) is 11.8 Å². The van der Waals surface area contributed by atoms with Gasteiger partial charge in [-0.25, -0.2) is 4.79 Å². The number of carboxylic acid groups (broad SMARTS) is 1. The van der Waals surface area contributed by atoms with Gasteiger partial charge in [0.1, 0.15) is 0 Å². The lowest BCUT2D eigenvalue weighted by Crippen LogP contribution is -2.41. The first-order valence-corrected chi connectivity index (χ1v) is 10.1. The van der Waals surface area contributed by atoms with Crippen molar-refractivity contribution in [2.75, 3.05) is 18.4 Å². The lowest BCUT2D eigenvalue weighted by molar-refractivity contribution is -0.142. The summed E-state index contributed by atoms with van der Waals surface area (Å²) < 4.78 is 0. The van der Waals surface area contributed by atoms with Gasteiger partial charge in [-0.2, -0.15) is 0 Å². The summed E-state index contributed by atoms with van der Waals surface area (Å²) in [6.45, 7) is 3.69. The van der Waals surface area contributed by atoms with Crippen molar-refractivity contribution in [3.63, 3.8) is 0 Å². The maximum atomic E-state index is 12.9. The number of nitrogens with one attached hydrogen (secondary N) is 2. The Morgan fingerprint density at radius 3 is 2.29 bits per heavy atom. The van der Waals surface area contributed by atoms with Crippen LogP contribution in [0, 0.1) is 11.8 Å². The molecule has 7 nitrogen and oxygen atoms in total. The quantitative estimate of drug-likeness (QED) is 0.738. The molecule has 1 aromatic carbocycles. The number of hydrogen-bond donors (Lipinski definition) is 3. The average molecular weight is 387 g/mol. The van der Waals surface area contributed by atoms with E-state index >= 15 is 0 Å². The van der Waals surface area contributed by atoms with Gasteiger partial charge in [0.2, 0.25) is 0 Å². The zero-order chi connectivity index (χ0) is 20.1. The summed E-state index contributed by atoms with van der Waals surface area (Å²) in [5.41, 5.74) is 1.00. The number of piperidine rings is 1. The first kappa shape index (κ1) is 20.2. The molecule has 1 saturated carbocycles. The highest BCUT2D eigenvalue weighted by atomic mass is 16.4. The van der Waals surface area contributed by atoms with Gasteiger partial charge in [-0.15, -0.1) is 0 Å². The van der Waals surface area contributed by atoms with Crippen LogP contribution in [0.1, 0.15) is 55.8 Å². The summed E-state index contributed by atoms with van der Waals surface area (Å²) in [6, 6.07) is 6.68. The van der Waals surface area contributed by atoms with Crippen molar-refractivity contribution in [1.82, 2.24) is 10.2 Å². The molecule has 1 saturated heterocycles. The fourth-order valence-electron chi connectivity index (χ4n) is 3.99. The second kappa shape index (κ2) is 9.08. The molecular formula is C21H29N3O4. The summed E-state index contributed by atoms with van der Waals surface area (Å²) in [6.07, 6.45) is 4.45. The standard InChI is InChI=1S/C21H29N3O4/c1-14-10-12-24(13-11-14)19(25)17-4-2-3-5-18(17)23-21(28)22-16-8-6-15(7-9-16)20(26)27/h2-5,14-16H,6-13H2,1H3,(H,26,27)(H2,22,23,28). The van der Waals surface area contributed by atoms with Crippen LogP contribution in [0.2, 0.25) is 0 Å². The molecule has 1 heterocycles. The maximum Gasteiger partial charge on any atom is 0.319 e. The number of benzene rings is 1. The third-order valence-corrected chi connectivity index (χ3v) is 5.89. The van der Waals surface area contributed by atoms with E-state index < -0.39 is 5.97 Å². The summed E-state index contributed by atoms with van der Waals surface area (Å²) in [5.74, 6) is -0.488. The first-order valence-electron chi connectivity index (χ1n) is 10.1. The number of carbonyl (C=O) groups excluding carboxylic acids is 2. The third kappa shape index (κ3) is 5.03. The SMILES string of the molecule is CC1CCN(C(=O)c2ccccc2NC(=O)NC2CCC(C(=O)O)CC2)CC1. The molecule has 3 N–H and O–H groups in total. The van der Waals surface area contributed by atoms with E-state index in [0.29, 0.717) is 42.9 Å². The molecule has 28 heavy (non-hydrogen) atoms. The van der Waals surface area contributed by atoms with E-state index in [4.69, 9.17) is 5.11 Å². The van der Waals surface area contributed by atoms with Gasteiger partial charge in [-0.1, -0.05) is 19.1 Å². The fraction of sp³-hybridized carbons (Fsp3) is 0.571. The molecule has 3 amide bonds. The van der Waals surface area contributed by atoms with Crippen molar-refractivity contribution in [1.29, 1.82) is 0 Å². The summed E-state index contributed by atoms with van der Waals surface area (Å²) >= 11 is 0. The number of urea groups is 1. The largest absolute Gasteiger partial charge is 0.481 e. The molecule has 0 unspecified atom stereocenters. The molecule has 7 heteroatoms. The zero-order valence-corrected chi connectivity index (χ0v) is 16.3. The van der Waals surface area contributed by atoms with Gasteiger partial charge in [0.15, 0.2) is 0 Å². The lowest BCUT2D eigenvalue weighted by atomic mass is 9.86. The van der Waals surface area contributed by atoms with Crippen molar-refractivity contribution in [2.45, 2.75) is 51.5 Å². The molecule has 0 spiro atoms. The van der Waals surface area contributed by atoms with Gasteiger partial charge in [-0.05, 0) is 56.6 Å². The molecule has 0 bridgehead atoms. The smallest absolute Gasteiger partial charge is 0.319 e. The Morgan fingerprint density at radius 1 is 1.00 bits per heavy atom. The van der Waals surface area contributed by atoms with Gasteiger partial charge in [-0.3, -0.25) is 9.59 Å². The first-order chi connectivity index (χ1) is 13.4. The minimum Gasteiger partial charge on any atom is -0.481 e. The van der Waals surface area contributed by atoms with Crippen LogP contribution in [0.3, 0.4) is 0 Å². The molecular weight excluding hydrogens is 358 g/mol. The van der Waals surface area contributed by atoms with E-state index in [-0.39, 0.29) is 23.9 Å². The highest BCUT2D eigenvalue weighted by Gasteiger charge is 2.27. The summed E-state index contributed by atoms with van der Waals surface area (Å²) in [4.78, 5) is 38.2. The van der Waals surface area contributed by atoms with Gasteiger partial charge in [0.05, 0.1) is 17.2 Å². The van der Waals surface area contributed by atoms with Crippen LogP contribution in [-0.4, -0.2) is 47.0 Å². The number of aliphatic carboxylic acids is 1. The normalized spacial score (nSPS) is 23.1. The number of nitrogens with zero attached hydrogens (tertiary/aromatic N) is 1. The molecule has 1 aromatic rings. The van der Waals surface area contributed by atoms with E-state index in [1.54, 1.807) is 24.3 Å². The second-order valence-electron chi connectivity index (χ2n) is 8.01. The molecule has 0 atom stereocenters. The minimum atomic E-state index is -0.762. The third-order valence-electron chi connectivity index (χ3n) is 5.89. The average Bonchev–Trinajstić information content (AvgIpc) is 2.69. The maximum absolute atomic E-state index is 12.9. The Hall–Kier alpha value is -2.57. The van der Waals surface area contributed by atoms with Crippen LogP contribution in [-0.2, 0) is 4.79 Å². The van der Waals surface area contributed by atoms with E-state index in [1.165, 1.54) is 0 Å². The Morgan fingerprint density at radius 2 is 1.64 bits per heavy atom. The number of likely N-dealkylation sites (tertiary alicyclic amines) is 1. The molecule has 2 aliphatic rings. The van der Waals surface area contributed by atoms with Crippen LogP contribution in [0.15, 0.2) is 24.3 Å². The van der Waals surface area contributed by atoms with E-state index in [2.05, 4.69) is 17.6 Å². The fourth-order valence-corrected chi connectivity index (χ4v) is 3.99. The Labute approximate surface area is 165 Å². The molecule has 0 radical (unpaired) electrons.